The van der Waals surface area contributed by atoms with E-state index in [0.29, 0.717) is 25.7 Å². The third-order valence-corrected chi connectivity index (χ3v) is 18.6. The third-order valence-electron chi connectivity index (χ3n) is 16.7. The average molecular weight is 1330 g/mol. The molecule has 17 nitrogen and oxygen atoms in total. The highest BCUT2D eigenvalue weighted by atomic mass is 31.2. The summed E-state index contributed by atoms with van der Waals surface area (Å²) in [6, 6.07) is 0. The number of phosphoric acid groups is 2. The van der Waals surface area contributed by atoms with E-state index >= 15 is 0 Å². The van der Waals surface area contributed by atoms with Gasteiger partial charge in [-0.25, -0.2) is 9.13 Å². The second-order valence-corrected chi connectivity index (χ2v) is 29.7. The second-order valence-electron chi connectivity index (χ2n) is 26.8. The molecule has 0 spiro atoms. The predicted octanol–water partition coefficient (Wildman–Crippen LogP) is 20.2. The molecule has 0 heterocycles. The summed E-state index contributed by atoms with van der Waals surface area (Å²) in [4.78, 5) is 72.6. The molecule has 0 aromatic heterocycles. The summed E-state index contributed by atoms with van der Waals surface area (Å²) in [5, 5.41) is 10.6. The number of aliphatic hydroxyl groups excluding tert-OH is 1. The number of aliphatic hydroxyl groups is 1. The molecule has 0 fully saturated rings. The summed E-state index contributed by atoms with van der Waals surface area (Å²) in [5.41, 5.74) is 0. The Hall–Kier alpha value is -1.94. The Morgan fingerprint density at radius 3 is 0.844 bits per heavy atom. The van der Waals surface area contributed by atoms with Crippen LogP contribution in [0.4, 0.5) is 0 Å². The Kier molecular flexibility index (Phi) is 60.6. The molecule has 0 amide bonds. The molecule has 0 saturated carbocycles. The molecule has 6 atom stereocenters. The number of esters is 4. The summed E-state index contributed by atoms with van der Waals surface area (Å²) in [5.74, 6) is 0.122. The average Bonchev–Trinajstić information content (AvgIpc) is 3.42. The van der Waals surface area contributed by atoms with Crippen LogP contribution in [0.2, 0.25) is 0 Å². The van der Waals surface area contributed by atoms with E-state index in [1.165, 1.54) is 167 Å². The molecule has 19 heteroatoms. The Morgan fingerprint density at radius 2 is 0.567 bits per heavy atom. The van der Waals surface area contributed by atoms with Crippen molar-refractivity contribution in [1.29, 1.82) is 0 Å². The molecular formula is C71H138O17P2. The summed E-state index contributed by atoms with van der Waals surface area (Å²) >= 11 is 0. The lowest BCUT2D eigenvalue weighted by atomic mass is 9.99. The van der Waals surface area contributed by atoms with Crippen LogP contribution in [0.15, 0.2) is 0 Å². The van der Waals surface area contributed by atoms with Crippen molar-refractivity contribution in [3.05, 3.63) is 0 Å². The lowest BCUT2D eigenvalue weighted by molar-refractivity contribution is -0.161. The molecule has 90 heavy (non-hydrogen) atoms. The number of carbonyl (C=O) groups is 4. The SMILES string of the molecule is CCCCCCCCCCCCCCCCC(=O)OC[C@H](COP(=O)(O)OC[C@@H](O)COP(=O)(O)OC[C@@H](COC(=O)CCCCCCCCCCC(C)C)OC(=O)CCCCCCCCCCC(C)C)OC(=O)CCCCCCCCCCCCC(C)CC. The van der Waals surface area contributed by atoms with Crippen molar-refractivity contribution in [3.63, 3.8) is 0 Å². The first-order chi connectivity index (χ1) is 43.3. The zero-order chi connectivity index (χ0) is 66.6. The van der Waals surface area contributed by atoms with E-state index in [9.17, 15) is 43.2 Å². The van der Waals surface area contributed by atoms with E-state index < -0.39 is 97.5 Å². The molecule has 3 unspecified atom stereocenters. The molecule has 0 saturated heterocycles. The van der Waals surface area contributed by atoms with E-state index in [0.717, 1.165) is 108 Å². The van der Waals surface area contributed by atoms with Crippen LogP contribution in [0.25, 0.3) is 0 Å². The predicted molar refractivity (Wildman–Crippen MR) is 363 cm³/mol. The first-order valence-electron chi connectivity index (χ1n) is 36.9. The van der Waals surface area contributed by atoms with Gasteiger partial charge in [0.05, 0.1) is 26.4 Å². The van der Waals surface area contributed by atoms with Gasteiger partial charge in [-0.15, -0.1) is 0 Å². The molecule has 0 rings (SSSR count). The number of unbranched alkanes of at least 4 members (excludes halogenated alkanes) is 36. The van der Waals surface area contributed by atoms with Gasteiger partial charge in [-0.3, -0.25) is 37.3 Å². The molecule has 0 aliphatic rings. The Labute approximate surface area is 549 Å². The van der Waals surface area contributed by atoms with Gasteiger partial charge in [0.15, 0.2) is 12.2 Å². The molecule has 0 aliphatic heterocycles. The summed E-state index contributed by atoms with van der Waals surface area (Å²) in [6.07, 6.45) is 45.7. The van der Waals surface area contributed by atoms with Crippen molar-refractivity contribution in [1.82, 2.24) is 0 Å². The van der Waals surface area contributed by atoms with Gasteiger partial charge in [0.25, 0.3) is 0 Å². The standard InChI is InChI=1S/C71H138O17P2/c1-8-10-11-12-13-14-15-16-17-18-22-31-38-45-52-68(73)81-58-66(87-70(75)54-47-40-33-23-20-19-21-30-37-44-51-64(7)9-2)60-85-89(77,78)83-56-65(72)57-84-90(79,80)86-61-67(88-71(76)55-48-41-34-27-25-29-36-43-50-63(5)6)59-82-69(74)53-46-39-32-26-24-28-35-42-49-62(3)4/h62-67,72H,8-61H2,1-7H3,(H,77,78)(H,79,80)/t64?,65-,66-,67-/m1/s1. The first-order valence-corrected chi connectivity index (χ1v) is 39.9. The van der Waals surface area contributed by atoms with Crippen molar-refractivity contribution in [2.45, 2.75) is 375 Å². The monoisotopic (exact) mass is 1320 g/mol. The molecular weight excluding hydrogens is 1190 g/mol. The smallest absolute Gasteiger partial charge is 0.462 e. The molecule has 3 N–H and O–H groups in total. The van der Waals surface area contributed by atoms with Crippen LogP contribution in [0.5, 0.6) is 0 Å². The normalized spacial score (nSPS) is 14.5. The van der Waals surface area contributed by atoms with Crippen LogP contribution >= 0.6 is 15.6 Å². The van der Waals surface area contributed by atoms with Crippen molar-refractivity contribution < 1.29 is 80.2 Å². The fraction of sp³-hybridized carbons (Fsp3) is 0.944. The van der Waals surface area contributed by atoms with Gasteiger partial charge in [-0.05, 0) is 43.4 Å². The van der Waals surface area contributed by atoms with Crippen molar-refractivity contribution in [3.8, 4) is 0 Å². The maximum atomic E-state index is 13.0. The molecule has 0 bridgehead atoms. The number of carbonyl (C=O) groups excluding carboxylic acids is 4. The van der Waals surface area contributed by atoms with Crippen molar-refractivity contribution in [2.75, 3.05) is 39.6 Å². The Bertz CT molecular complexity index is 1770. The number of rotatable bonds is 69. The minimum absolute atomic E-state index is 0.104. The fourth-order valence-electron chi connectivity index (χ4n) is 10.7. The highest BCUT2D eigenvalue weighted by molar-refractivity contribution is 7.47. The van der Waals surface area contributed by atoms with Crippen LogP contribution < -0.4 is 0 Å². The van der Waals surface area contributed by atoms with Gasteiger partial charge in [0.1, 0.15) is 19.3 Å². The summed E-state index contributed by atoms with van der Waals surface area (Å²) < 4.78 is 68.3. The lowest BCUT2D eigenvalue weighted by Gasteiger charge is -2.21. The van der Waals surface area contributed by atoms with Gasteiger partial charge in [-0.2, -0.15) is 0 Å². The van der Waals surface area contributed by atoms with E-state index in [-0.39, 0.29) is 25.7 Å². The lowest BCUT2D eigenvalue weighted by Crippen LogP contribution is -2.30. The molecule has 534 valence electrons. The minimum Gasteiger partial charge on any atom is -0.462 e. The largest absolute Gasteiger partial charge is 0.472 e. The van der Waals surface area contributed by atoms with E-state index in [1.54, 1.807) is 0 Å². The number of hydrogen-bond acceptors (Lipinski definition) is 15. The van der Waals surface area contributed by atoms with Crippen molar-refractivity contribution in [2.24, 2.45) is 17.8 Å². The minimum atomic E-state index is -4.95. The number of ether oxygens (including phenoxy) is 4. The van der Waals surface area contributed by atoms with Gasteiger partial charge >= 0.3 is 39.5 Å². The molecule has 0 aromatic rings. The summed E-state index contributed by atoms with van der Waals surface area (Å²) in [6.45, 7) is 11.8. The van der Waals surface area contributed by atoms with E-state index in [4.69, 9.17) is 37.0 Å². The zero-order valence-electron chi connectivity index (χ0n) is 58.6. The van der Waals surface area contributed by atoms with Crippen molar-refractivity contribution >= 4 is 39.5 Å². The van der Waals surface area contributed by atoms with Crippen LogP contribution in [0.1, 0.15) is 357 Å². The van der Waals surface area contributed by atoms with Crippen LogP contribution in [0, 0.1) is 17.8 Å². The van der Waals surface area contributed by atoms with Crippen LogP contribution in [-0.4, -0.2) is 96.7 Å². The fourth-order valence-corrected chi connectivity index (χ4v) is 12.3. The van der Waals surface area contributed by atoms with Crippen LogP contribution in [-0.2, 0) is 65.4 Å². The van der Waals surface area contributed by atoms with Gasteiger partial charge < -0.3 is 33.8 Å². The van der Waals surface area contributed by atoms with Gasteiger partial charge in [-0.1, -0.05) is 305 Å². The van der Waals surface area contributed by atoms with Gasteiger partial charge in [0.2, 0.25) is 0 Å². The summed E-state index contributed by atoms with van der Waals surface area (Å²) in [7, 11) is -9.90. The van der Waals surface area contributed by atoms with E-state index in [1.807, 2.05) is 0 Å². The zero-order valence-corrected chi connectivity index (χ0v) is 60.4. The maximum Gasteiger partial charge on any atom is 0.472 e. The number of hydrogen-bond donors (Lipinski definition) is 3. The number of phosphoric ester groups is 2. The molecule has 0 radical (unpaired) electrons. The van der Waals surface area contributed by atoms with Gasteiger partial charge in [0, 0.05) is 25.7 Å². The van der Waals surface area contributed by atoms with Crippen LogP contribution in [0.3, 0.4) is 0 Å². The Morgan fingerprint density at radius 1 is 0.322 bits per heavy atom. The highest BCUT2D eigenvalue weighted by Gasteiger charge is 2.30. The third kappa shape index (κ3) is 63.5. The topological polar surface area (TPSA) is 237 Å². The highest BCUT2D eigenvalue weighted by Crippen LogP contribution is 2.45. The first kappa shape index (κ1) is 88.1. The second kappa shape index (κ2) is 61.9. The van der Waals surface area contributed by atoms with E-state index in [2.05, 4.69) is 48.5 Å². The molecule has 0 aromatic carbocycles. The maximum absolute atomic E-state index is 13.0. The molecule has 0 aliphatic carbocycles. The Balaban J connectivity index is 5.26. The quantitative estimate of drug-likeness (QED) is 0.0222.